The van der Waals surface area contributed by atoms with Crippen molar-refractivity contribution in [3.8, 4) is 0 Å². The molecule has 0 saturated carbocycles. The van der Waals surface area contributed by atoms with E-state index < -0.39 is 23.1 Å². The standard InChI is InChI=1S/C7H8N6O4/c8-10-3-6(14)1-2-12(13(16)17)5-7(15)4-11-9/h3-4H,1-2,5H2. The number of ketones is 2. The summed E-state index contributed by atoms with van der Waals surface area (Å²) in [6, 6.07) is 0. The zero-order chi connectivity index (χ0) is 13.3. The molecule has 90 valence electrons. The normalized spacial score (nSPS) is 8.47. The summed E-state index contributed by atoms with van der Waals surface area (Å²) in [5, 5.41) is 10.1. The third-order valence-corrected chi connectivity index (χ3v) is 1.59. The van der Waals surface area contributed by atoms with Gasteiger partial charge in [0.15, 0.2) is 5.03 Å². The molecule has 0 saturated heterocycles. The van der Waals surface area contributed by atoms with Crippen molar-refractivity contribution in [2.75, 3.05) is 13.1 Å². The number of rotatable bonds is 8. The van der Waals surface area contributed by atoms with Gasteiger partial charge in [0.25, 0.3) is 5.78 Å². The highest BCUT2D eigenvalue weighted by molar-refractivity contribution is 6.26. The van der Waals surface area contributed by atoms with Crippen LogP contribution < -0.4 is 0 Å². The molecule has 0 N–H and O–H groups in total. The average molecular weight is 240 g/mol. The Balaban J connectivity index is 4.40. The van der Waals surface area contributed by atoms with Crippen LogP contribution in [-0.4, -0.2) is 56.7 Å². The number of hydrogen-bond acceptors (Lipinski definition) is 4. The van der Waals surface area contributed by atoms with E-state index in [0.717, 1.165) is 0 Å². The van der Waals surface area contributed by atoms with Gasteiger partial charge in [0, 0.05) is 6.42 Å². The lowest BCUT2D eigenvalue weighted by Crippen LogP contribution is -2.37. The Morgan fingerprint density at radius 1 is 1.24 bits per heavy atom. The summed E-state index contributed by atoms with van der Waals surface area (Å²) in [5.74, 6) is -1.41. The van der Waals surface area contributed by atoms with Gasteiger partial charge >= 0.3 is 12.4 Å². The van der Waals surface area contributed by atoms with Gasteiger partial charge in [0.05, 0.1) is 6.54 Å². The fourth-order valence-electron chi connectivity index (χ4n) is 0.872. The lowest BCUT2D eigenvalue weighted by molar-refractivity contribution is -0.652. The van der Waals surface area contributed by atoms with Gasteiger partial charge in [0.2, 0.25) is 5.78 Å². The first-order chi connectivity index (χ1) is 8.01. The maximum Gasteiger partial charge on any atom is 0.325 e. The summed E-state index contributed by atoms with van der Waals surface area (Å²) in [6.45, 7) is -0.955. The minimum atomic E-state index is -0.855. The summed E-state index contributed by atoms with van der Waals surface area (Å²) in [6.07, 6.45) is 0.844. The van der Waals surface area contributed by atoms with Crippen molar-refractivity contribution >= 4 is 24.0 Å². The van der Waals surface area contributed by atoms with E-state index in [1.807, 2.05) is 0 Å². The molecular weight excluding hydrogens is 232 g/mol. The quantitative estimate of drug-likeness (QED) is 0.168. The third-order valence-electron chi connectivity index (χ3n) is 1.59. The monoisotopic (exact) mass is 240 g/mol. The highest BCUT2D eigenvalue weighted by Gasteiger charge is 2.21. The second-order valence-electron chi connectivity index (χ2n) is 2.80. The van der Waals surface area contributed by atoms with Crippen LogP contribution in [0.1, 0.15) is 6.42 Å². The zero-order valence-electron chi connectivity index (χ0n) is 8.59. The first-order valence-electron chi connectivity index (χ1n) is 4.31. The van der Waals surface area contributed by atoms with Crippen LogP contribution in [-0.2, 0) is 9.59 Å². The Morgan fingerprint density at radius 3 is 2.24 bits per heavy atom. The summed E-state index contributed by atoms with van der Waals surface area (Å²) >= 11 is 0. The Hall–Kier alpha value is -2.70. The Morgan fingerprint density at radius 2 is 1.76 bits per heavy atom. The van der Waals surface area contributed by atoms with E-state index in [1.165, 1.54) is 0 Å². The van der Waals surface area contributed by atoms with E-state index in [0.29, 0.717) is 17.4 Å². The molecular formula is C7H8N6O4. The van der Waals surface area contributed by atoms with Crippen LogP contribution in [0.25, 0.3) is 11.1 Å². The molecule has 0 amide bonds. The van der Waals surface area contributed by atoms with E-state index in [9.17, 15) is 19.7 Å². The zero-order valence-corrected chi connectivity index (χ0v) is 8.59. The van der Waals surface area contributed by atoms with E-state index >= 15 is 0 Å². The van der Waals surface area contributed by atoms with Crippen LogP contribution in [0.2, 0.25) is 0 Å². The molecule has 10 nitrogen and oxygen atoms in total. The van der Waals surface area contributed by atoms with Crippen LogP contribution in [0.15, 0.2) is 0 Å². The molecule has 0 spiro atoms. The van der Waals surface area contributed by atoms with Crippen molar-refractivity contribution in [3.05, 3.63) is 21.2 Å². The van der Waals surface area contributed by atoms with Crippen LogP contribution in [0.4, 0.5) is 0 Å². The topological polar surface area (TPSA) is 153 Å². The molecule has 0 fully saturated rings. The van der Waals surface area contributed by atoms with E-state index in [2.05, 4.69) is 9.58 Å². The van der Waals surface area contributed by atoms with Gasteiger partial charge in [-0.05, 0) is 0 Å². The molecule has 0 atom stereocenters. The number of nitrogens with zero attached hydrogens (tertiary/aromatic N) is 6. The van der Waals surface area contributed by atoms with Gasteiger partial charge in [-0.3, -0.25) is 9.59 Å². The SMILES string of the molecule is [N-]=[N+]=CC(=O)CCN(CC(=O)C=[N+]=[N-])[N+](=O)[O-]. The third kappa shape index (κ3) is 6.39. The van der Waals surface area contributed by atoms with Crippen molar-refractivity contribution in [1.82, 2.24) is 5.01 Å². The molecule has 0 aliphatic heterocycles. The van der Waals surface area contributed by atoms with Gasteiger partial charge in [-0.2, -0.15) is 9.58 Å². The molecule has 0 radical (unpaired) electrons. The highest BCUT2D eigenvalue weighted by atomic mass is 16.7. The van der Waals surface area contributed by atoms with Gasteiger partial charge in [-0.25, -0.2) is 10.1 Å². The fraction of sp³-hybridized carbons (Fsp3) is 0.429. The largest absolute Gasteiger partial charge is 0.361 e. The molecule has 17 heavy (non-hydrogen) atoms. The average Bonchev–Trinajstić information content (AvgIpc) is 2.24. The minimum Gasteiger partial charge on any atom is -0.361 e. The Bertz CT molecular complexity index is 420. The smallest absolute Gasteiger partial charge is 0.325 e. The van der Waals surface area contributed by atoms with Gasteiger partial charge < -0.3 is 11.1 Å². The Kier molecular flexibility index (Phi) is 6.37. The van der Waals surface area contributed by atoms with Crippen LogP contribution in [0.3, 0.4) is 0 Å². The van der Waals surface area contributed by atoms with Crippen molar-refractivity contribution in [3.63, 3.8) is 0 Å². The predicted molar refractivity (Wildman–Crippen MR) is 52.6 cm³/mol. The maximum atomic E-state index is 10.9. The maximum absolute atomic E-state index is 10.9. The van der Waals surface area contributed by atoms with Crippen LogP contribution >= 0.6 is 0 Å². The van der Waals surface area contributed by atoms with Crippen LogP contribution in [0, 0.1) is 10.1 Å². The molecule has 0 aromatic rings. The molecule has 0 aliphatic carbocycles. The summed E-state index contributed by atoms with van der Waals surface area (Å²) in [5.41, 5.74) is 16.1. The predicted octanol–water partition coefficient (Wildman–Crippen LogP) is -1.39. The first kappa shape index (κ1) is 14.3. The van der Waals surface area contributed by atoms with Gasteiger partial charge in [-0.1, -0.05) is 0 Å². The minimum absolute atomic E-state index is 0.283. The molecule has 0 rings (SSSR count). The highest BCUT2D eigenvalue weighted by Crippen LogP contribution is 1.92. The number of carbonyl (C=O) groups is 2. The van der Waals surface area contributed by atoms with Crippen LogP contribution in [0.5, 0.6) is 0 Å². The van der Waals surface area contributed by atoms with Crippen molar-refractivity contribution in [1.29, 1.82) is 0 Å². The second kappa shape index (κ2) is 7.57. The number of carbonyl (C=O) groups excluding carboxylic acids is 2. The van der Waals surface area contributed by atoms with E-state index in [1.54, 1.807) is 0 Å². The van der Waals surface area contributed by atoms with Crippen molar-refractivity contribution in [2.45, 2.75) is 6.42 Å². The Labute approximate surface area is 94.8 Å². The molecule has 0 unspecified atom stereocenters. The van der Waals surface area contributed by atoms with Crippen molar-refractivity contribution < 1.29 is 24.2 Å². The second-order valence-corrected chi connectivity index (χ2v) is 2.80. The molecule has 0 aliphatic rings. The number of hydrogen-bond donors (Lipinski definition) is 0. The summed E-state index contributed by atoms with van der Waals surface area (Å²) < 4.78 is 0. The van der Waals surface area contributed by atoms with E-state index in [-0.39, 0.29) is 13.0 Å². The summed E-state index contributed by atoms with van der Waals surface area (Å²) in [4.78, 5) is 37.2. The lowest BCUT2D eigenvalue weighted by Gasteiger charge is -2.09. The van der Waals surface area contributed by atoms with Gasteiger partial charge in [-0.15, -0.1) is 5.01 Å². The number of nitro groups is 1. The molecule has 10 heteroatoms. The molecule has 0 aromatic heterocycles. The van der Waals surface area contributed by atoms with Gasteiger partial charge in [0.1, 0.15) is 6.54 Å². The van der Waals surface area contributed by atoms with Crippen molar-refractivity contribution in [2.24, 2.45) is 0 Å². The molecule has 0 bridgehead atoms. The number of Topliss-reactive ketones (excluding diaryl/α,β-unsaturated/α-hetero) is 2. The first-order valence-corrected chi connectivity index (χ1v) is 4.31. The fourth-order valence-corrected chi connectivity index (χ4v) is 0.872. The lowest BCUT2D eigenvalue weighted by atomic mass is 10.3. The number of hydrazine groups is 1. The summed E-state index contributed by atoms with van der Waals surface area (Å²) in [7, 11) is 0. The molecule has 0 heterocycles. The molecule has 0 aromatic carbocycles. The van der Waals surface area contributed by atoms with E-state index in [4.69, 9.17) is 11.1 Å².